The molecule has 3 nitrogen and oxygen atoms in total. The smallest absolute Gasteiger partial charge is 0.130 e. The monoisotopic (exact) mass is 287 g/mol. The average Bonchev–Trinajstić information content (AvgIpc) is 2.48. The van der Waals surface area contributed by atoms with Crippen LogP contribution in [0.4, 0.5) is 0 Å². The number of ether oxygens (including phenoxy) is 1. The predicted octanol–water partition coefficient (Wildman–Crippen LogP) is 4.37. The lowest BCUT2D eigenvalue weighted by Gasteiger charge is -2.11. The molecule has 4 heteroatoms. The molecule has 0 fully saturated rings. The average molecular weight is 288 g/mol. The van der Waals surface area contributed by atoms with E-state index in [-0.39, 0.29) is 0 Å². The summed E-state index contributed by atoms with van der Waals surface area (Å²) in [4.78, 5) is 0. The van der Waals surface area contributed by atoms with Crippen molar-refractivity contribution in [3.05, 3.63) is 70.8 Å². The Morgan fingerprint density at radius 1 is 1.20 bits per heavy atom. The Hall–Kier alpha value is -2.26. The highest BCUT2D eigenvalue weighted by molar-refractivity contribution is 6.30. The molecule has 0 atom stereocenters. The summed E-state index contributed by atoms with van der Waals surface area (Å²) in [5.74, 6) is 0.564. The number of nitrogens with zero attached hydrogens (tertiary/aromatic N) is 1. The molecule has 20 heavy (non-hydrogen) atoms. The van der Waals surface area contributed by atoms with Crippen molar-refractivity contribution < 1.29 is 9.94 Å². The minimum Gasteiger partial charge on any atom is -0.488 e. The van der Waals surface area contributed by atoms with Gasteiger partial charge in [0.1, 0.15) is 12.4 Å². The molecule has 0 unspecified atom stereocenters. The van der Waals surface area contributed by atoms with Gasteiger partial charge in [-0.05, 0) is 29.3 Å². The molecular formula is C16H14ClNO2. The summed E-state index contributed by atoms with van der Waals surface area (Å²) < 4.78 is 5.76. The zero-order chi connectivity index (χ0) is 14.4. The molecule has 0 aliphatic heterocycles. The summed E-state index contributed by atoms with van der Waals surface area (Å²) in [5.41, 5.74) is 2.70. The van der Waals surface area contributed by atoms with E-state index in [4.69, 9.17) is 21.5 Å². The lowest BCUT2D eigenvalue weighted by molar-refractivity contribution is 0.304. The zero-order valence-electron chi connectivity index (χ0n) is 10.8. The molecule has 0 aromatic heterocycles. The van der Waals surface area contributed by atoms with Crippen LogP contribution in [0.3, 0.4) is 0 Å². The van der Waals surface area contributed by atoms with Crippen molar-refractivity contribution in [1.82, 2.24) is 0 Å². The number of benzene rings is 2. The molecule has 2 aromatic carbocycles. The molecule has 0 amide bonds. The van der Waals surface area contributed by atoms with Crippen molar-refractivity contribution in [3.8, 4) is 5.75 Å². The first-order valence-electron chi connectivity index (χ1n) is 6.04. The van der Waals surface area contributed by atoms with Crippen molar-refractivity contribution in [1.29, 1.82) is 0 Å². The molecular weight excluding hydrogens is 274 g/mol. The van der Waals surface area contributed by atoms with E-state index in [9.17, 15) is 0 Å². The van der Waals surface area contributed by atoms with Crippen LogP contribution in [0.25, 0.3) is 6.08 Å². The molecule has 0 spiro atoms. The maximum absolute atomic E-state index is 8.65. The molecule has 0 saturated heterocycles. The number of hydrogen-bond donors (Lipinski definition) is 1. The van der Waals surface area contributed by atoms with Crippen molar-refractivity contribution in [2.45, 2.75) is 6.61 Å². The molecule has 0 heterocycles. The van der Waals surface area contributed by atoms with E-state index in [0.717, 1.165) is 11.1 Å². The highest BCUT2D eigenvalue weighted by Gasteiger charge is 2.05. The Kier molecular flexibility index (Phi) is 4.80. The SMILES string of the molecule is C=Cc1ccccc1COc1cc(Cl)ccc1/C=N/O. The quantitative estimate of drug-likeness (QED) is 0.504. The van der Waals surface area contributed by atoms with Gasteiger partial charge in [0.2, 0.25) is 0 Å². The van der Waals surface area contributed by atoms with Crippen LogP contribution < -0.4 is 4.74 Å². The maximum Gasteiger partial charge on any atom is 0.130 e. The summed E-state index contributed by atoms with van der Waals surface area (Å²) in [5, 5.41) is 12.2. The van der Waals surface area contributed by atoms with E-state index in [1.165, 1.54) is 6.21 Å². The molecule has 0 saturated carbocycles. The second kappa shape index (κ2) is 6.78. The van der Waals surface area contributed by atoms with Gasteiger partial charge in [0.05, 0.1) is 6.21 Å². The molecule has 0 aliphatic carbocycles. The zero-order valence-corrected chi connectivity index (χ0v) is 11.5. The third-order valence-corrected chi connectivity index (χ3v) is 3.07. The van der Waals surface area contributed by atoms with Gasteiger partial charge in [-0.15, -0.1) is 0 Å². The van der Waals surface area contributed by atoms with Crippen LogP contribution in [0.15, 0.2) is 54.2 Å². The molecule has 0 aliphatic rings. The van der Waals surface area contributed by atoms with Crippen LogP contribution in [0.2, 0.25) is 5.02 Å². The van der Waals surface area contributed by atoms with Gasteiger partial charge in [0.15, 0.2) is 0 Å². The Labute approximate surface area is 122 Å². The normalized spacial score (nSPS) is 10.7. The summed E-state index contributed by atoms with van der Waals surface area (Å²) in [6.45, 7) is 4.16. The number of oxime groups is 1. The summed E-state index contributed by atoms with van der Waals surface area (Å²) in [6, 6.07) is 13.0. The van der Waals surface area contributed by atoms with Gasteiger partial charge < -0.3 is 9.94 Å². The van der Waals surface area contributed by atoms with E-state index in [1.807, 2.05) is 24.3 Å². The van der Waals surface area contributed by atoms with E-state index >= 15 is 0 Å². The van der Waals surface area contributed by atoms with Gasteiger partial charge in [0.25, 0.3) is 0 Å². The van der Waals surface area contributed by atoms with Crippen molar-refractivity contribution >= 4 is 23.9 Å². The Balaban J connectivity index is 2.22. The highest BCUT2D eigenvalue weighted by Crippen LogP contribution is 2.24. The van der Waals surface area contributed by atoms with Gasteiger partial charge in [-0.2, -0.15) is 0 Å². The first-order valence-corrected chi connectivity index (χ1v) is 6.42. The minimum atomic E-state index is 0.384. The molecule has 0 radical (unpaired) electrons. The standard InChI is InChI=1S/C16H14ClNO2/c1-2-12-5-3-4-6-14(12)11-20-16-9-15(17)8-7-13(16)10-18-19/h2-10,19H,1,11H2/b18-10+. The molecule has 1 N–H and O–H groups in total. The maximum atomic E-state index is 8.65. The van der Waals surface area contributed by atoms with Gasteiger partial charge in [0, 0.05) is 10.6 Å². The predicted molar refractivity (Wildman–Crippen MR) is 81.7 cm³/mol. The Morgan fingerprint density at radius 3 is 2.75 bits per heavy atom. The van der Waals surface area contributed by atoms with Gasteiger partial charge in [-0.3, -0.25) is 0 Å². The summed E-state index contributed by atoms with van der Waals surface area (Å²) in [7, 11) is 0. The summed E-state index contributed by atoms with van der Waals surface area (Å²) in [6.07, 6.45) is 3.10. The van der Waals surface area contributed by atoms with Gasteiger partial charge in [-0.25, -0.2) is 0 Å². The Bertz CT molecular complexity index is 638. The lowest BCUT2D eigenvalue weighted by atomic mass is 10.1. The third kappa shape index (κ3) is 3.39. The highest BCUT2D eigenvalue weighted by atomic mass is 35.5. The number of halogens is 1. The van der Waals surface area contributed by atoms with E-state index < -0.39 is 0 Å². The van der Waals surface area contributed by atoms with Crippen LogP contribution in [0, 0.1) is 0 Å². The number of hydrogen-bond acceptors (Lipinski definition) is 3. The van der Waals surface area contributed by atoms with Crippen molar-refractivity contribution in [2.75, 3.05) is 0 Å². The van der Waals surface area contributed by atoms with Crippen LogP contribution in [-0.4, -0.2) is 11.4 Å². The second-order valence-electron chi connectivity index (χ2n) is 4.12. The fraction of sp³-hybridized carbons (Fsp3) is 0.0625. The van der Waals surface area contributed by atoms with Crippen molar-refractivity contribution in [2.24, 2.45) is 5.16 Å². The molecule has 0 bridgehead atoms. The van der Waals surface area contributed by atoms with E-state index in [1.54, 1.807) is 24.3 Å². The molecule has 2 rings (SSSR count). The Morgan fingerprint density at radius 2 is 2.00 bits per heavy atom. The lowest BCUT2D eigenvalue weighted by Crippen LogP contribution is -2.00. The van der Waals surface area contributed by atoms with Crippen LogP contribution >= 0.6 is 11.6 Å². The van der Waals surface area contributed by atoms with Crippen LogP contribution in [0.5, 0.6) is 5.75 Å². The first kappa shape index (κ1) is 14.2. The third-order valence-electron chi connectivity index (χ3n) is 2.83. The molecule has 102 valence electrons. The van der Waals surface area contributed by atoms with Gasteiger partial charge in [-0.1, -0.05) is 53.7 Å². The number of rotatable bonds is 5. The van der Waals surface area contributed by atoms with E-state index in [0.29, 0.717) is 22.9 Å². The fourth-order valence-corrected chi connectivity index (χ4v) is 1.98. The summed E-state index contributed by atoms with van der Waals surface area (Å²) >= 11 is 5.95. The van der Waals surface area contributed by atoms with Crippen LogP contribution in [-0.2, 0) is 6.61 Å². The topological polar surface area (TPSA) is 41.8 Å². The fourth-order valence-electron chi connectivity index (χ4n) is 1.82. The van der Waals surface area contributed by atoms with Crippen LogP contribution in [0.1, 0.15) is 16.7 Å². The second-order valence-corrected chi connectivity index (χ2v) is 4.55. The van der Waals surface area contributed by atoms with Gasteiger partial charge >= 0.3 is 0 Å². The molecule has 2 aromatic rings. The first-order chi connectivity index (χ1) is 9.74. The minimum absolute atomic E-state index is 0.384. The van der Waals surface area contributed by atoms with E-state index in [2.05, 4.69) is 11.7 Å². The largest absolute Gasteiger partial charge is 0.488 e. The van der Waals surface area contributed by atoms with Crippen molar-refractivity contribution in [3.63, 3.8) is 0 Å².